The van der Waals surface area contributed by atoms with Gasteiger partial charge in [0.05, 0.1) is 18.7 Å². The quantitative estimate of drug-likeness (QED) is 0.474. The molecule has 1 aromatic carbocycles. The number of hydrogen-bond donors (Lipinski definition) is 2. The van der Waals surface area contributed by atoms with E-state index >= 15 is 0 Å². The molecule has 0 aromatic heterocycles. The Morgan fingerprint density at radius 3 is 2.56 bits per heavy atom. The third-order valence-electron chi connectivity index (χ3n) is 5.83. The van der Waals surface area contributed by atoms with Crippen LogP contribution in [0.25, 0.3) is 0 Å². The van der Waals surface area contributed by atoms with Crippen LogP contribution in [0.5, 0.6) is 0 Å². The highest BCUT2D eigenvalue weighted by Gasteiger charge is 2.42. The number of carbonyl (C=O) groups is 3. The fraction of sp³-hybridized carbons (Fsp3) is 0.526. The topological polar surface area (TPSA) is 105 Å². The minimum absolute atomic E-state index is 0.0170. The van der Waals surface area contributed by atoms with Gasteiger partial charge in [0.15, 0.2) is 0 Å². The van der Waals surface area contributed by atoms with Gasteiger partial charge in [-0.25, -0.2) is 10.6 Å². The molecule has 2 aliphatic heterocycles. The smallest absolute Gasteiger partial charge is 0.410 e. The van der Waals surface area contributed by atoms with Crippen molar-refractivity contribution in [2.75, 3.05) is 13.2 Å². The average Bonchev–Trinajstić information content (AvgIpc) is 3.03. The van der Waals surface area contributed by atoms with Crippen LogP contribution in [-0.2, 0) is 11.3 Å². The second-order valence-corrected chi connectivity index (χ2v) is 7.36. The summed E-state index contributed by atoms with van der Waals surface area (Å²) in [6, 6.07) is 5.04. The molecule has 0 radical (unpaired) electrons. The first-order chi connectivity index (χ1) is 13.1. The number of rotatable bonds is 3. The number of ether oxygens (including phenoxy) is 1. The SMILES string of the molecule is NNC(=O)c1ccc2c(c1)C(=O)N([C@@H]1CCCC[C@H]1N1CCCOC1=O)C2. The first-order valence-corrected chi connectivity index (χ1v) is 9.48. The highest BCUT2D eigenvalue weighted by Crippen LogP contribution is 2.34. The average molecular weight is 372 g/mol. The minimum Gasteiger partial charge on any atom is -0.449 e. The van der Waals surface area contributed by atoms with E-state index in [0.717, 1.165) is 37.7 Å². The van der Waals surface area contributed by atoms with Gasteiger partial charge in [-0.1, -0.05) is 18.9 Å². The third-order valence-corrected chi connectivity index (χ3v) is 5.83. The van der Waals surface area contributed by atoms with Crippen LogP contribution in [0.1, 0.15) is 58.4 Å². The molecule has 2 fully saturated rings. The van der Waals surface area contributed by atoms with Crippen LogP contribution in [0, 0.1) is 0 Å². The fourth-order valence-electron chi connectivity index (χ4n) is 4.50. The van der Waals surface area contributed by atoms with E-state index < -0.39 is 5.91 Å². The van der Waals surface area contributed by atoms with Crippen LogP contribution < -0.4 is 11.3 Å². The highest BCUT2D eigenvalue weighted by atomic mass is 16.6. The summed E-state index contributed by atoms with van der Waals surface area (Å²) in [5.41, 5.74) is 3.91. The lowest BCUT2D eigenvalue weighted by molar-refractivity contribution is 0.0123. The molecule has 4 rings (SSSR count). The third kappa shape index (κ3) is 3.14. The number of nitrogens with two attached hydrogens (primary N) is 1. The number of nitrogen functional groups attached to an aromatic ring is 1. The van der Waals surface area contributed by atoms with E-state index in [4.69, 9.17) is 10.6 Å². The Balaban J connectivity index is 1.59. The van der Waals surface area contributed by atoms with E-state index in [1.165, 1.54) is 0 Å². The molecule has 8 heteroatoms. The normalized spacial score (nSPS) is 25.2. The molecule has 3 aliphatic rings. The Kier molecular flexibility index (Phi) is 4.73. The molecule has 1 saturated heterocycles. The summed E-state index contributed by atoms with van der Waals surface area (Å²) in [6.07, 6.45) is 4.36. The molecule has 144 valence electrons. The zero-order valence-corrected chi connectivity index (χ0v) is 15.1. The molecule has 0 unspecified atom stereocenters. The van der Waals surface area contributed by atoms with Gasteiger partial charge in [-0.05, 0) is 37.0 Å². The Hall–Kier alpha value is -2.61. The van der Waals surface area contributed by atoms with E-state index in [9.17, 15) is 14.4 Å². The first-order valence-electron chi connectivity index (χ1n) is 9.48. The summed E-state index contributed by atoms with van der Waals surface area (Å²) < 4.78 is 5.23. The number of nitrogens with one attached hydrogen (secondary N) is 1. The summed E-state index contributed by atoms with van der Waals surface area (Å²) in [5, 5.41) is 0. The molecule has 1 aliphatic carbocycles. The number of benzene rings is 1. The Labute approximate surface area is 157 Å². The van der Waals surface area contributed by atoms with Gasteiger partial charge >= 0.3 is 6.09 Å². The Bertz CT molecular complexity index is 781. The summed E-state index contributed by atoms with van der Waals surface area (Å²) in [5.74, 6) is 4.69. The molecule has 8 nitrogen and oxygen atoms in total. The van der Waals surface area contributed by atoms with Crippen LogP contribution in [-0.4, -0.2) is 52.9 Å². The van der Waals surface area contributed by atoms with Crippen LogP contribution in [0.4, 0.5) is 4.79 Å². The lowest BCUT2D eigenvalue weighted by Crippen LogP contribution is -2.56. The van der Waals surface area contributed by atoms with E-state index in [-0.39, 0.29) is 24.1 Å². The monoisotopic (exact) mass is 372 g/mol. The Morgan fingerprint density at radius 2 is 1.85 bits per heavy atom. The van der Waals surface area contributed by atoms with Gasteiger partial charge in [-0.3, -0.25) is 15.0 Å². The predicted molar refractivity (Wildman–Crippen MR) is 96.7 cm³/mol. The van der Waals surface area contributed by atoms with Crippen molar-refractivity contribution in [1.29, 1.82) is 0 Å². The molecule has 27 heavy (non-hydrogen) atoms. The number of hydrazine groups is 1. The van der Waals surface area contributed by atoms with E-state index in [1.54, 1.807) is 17.0 Å². The van der Waals surface area contributed by atoms with Crippen LogP contribution in [0.15, 0.2) is 18.2 Å². The van der Waals surface area contributed by atoms with Crippen LogP contribution >= 0.6 is 0 Å². The van der Waals surface area contributed by atoms with Crippen molar-refractivity contribution in [2.24, 2.45) is 5.84 Å². The highest BCUT2D eigenvalue weighted by molar-refractivity contribution is 6.02. The van der Waals surface area contributed by atoms with Gasteiger partial charge in [0.25, 0.3) is 11.8 Å². The van der Waals surface area contributed by atoms with Crippen molar-refractivity contribution < 1.29 is 19.1 Å². The molecule has 2 heterocycles. The van der Waals surface area contributed by atoms with Crippen LogP contribution in [0.3, 0.4) is 0 Å². The molecule has 3 amide bonds. The lowest BCUT2D eigenvalue weighted by Gasteiger charge is -2.44. The second kappa shape index (κ2) is 7.19. The molecular formula is C19H24N4O4. The molecule has 2 atom stereocenters. The second-order valence-electron chi connectivity index (χ2n) is 7.36. The maximum Gasteiger partial charge on any atom is 0.410 e. The molecule has 1 saturated carbocycles. The van der Waals surface area contributed by atoms with Crippen molar-refractivity contribution in [3.63, 3.8) is 0 Å². The van der Waals surface area contributed by atoms with Crippen molar-refractivity contribution in [2.45, 2.75) is 50.7 Å². The summed E-state index contributed by atoms with van der Waals surface area (Å²) in [7, 11) is 0. The van der Waals surface area contributed by atoms with E-state index in [0.29, 0.717) is 30.8 Å². The number of fused-ring (bicyclic) bond motifs is 1. The van der Waals surface area contributed by atoms with E-state index in [1.807, 2.05) is 11.0 Å². The Morgan fingerprint density at radius 1 is 1.11 bits per heavy atom. The number of cyclic esters (lactones) is 1. The maximum absolute atomic E-state index is 13.1. The van der Waals surface area contributed by atoms with E-state index in [2.05, 4.69) is 5.43 Å². The predicted octanol–water partition coefficient (Wildman–Crippen LogP) is 1.40. The number of amides is 3. The first kappa shape index (κ1) is 17.8. The fourth-order valence-corrected chi connectivity index (χ4v) is 4.50. The summed E-state index contributed by atoms with van der Waals surface area (Å²) >= 11 is 0. The zero-order chi connectivity index (χ0) is 19.0. The van der Waals surface area contributed by atoms with Gasteiger partial charge < -0.3 is 14.5 Å². The van der Waals surface area contributed by atoms with Crippen molar-refractivity contribution in [3.05, 3.63) is 34.9 Å². The molecule has 0 bridgehead atoms. The molecule has 0 spiro atoms. The van der Waals surface area contributed by atoms with Gasteiger partial charge in [0.2, 0.25) is 0 Å². The molecule has 3 N–H and O–H groups in total. The van der Waals surface area contributed by atoms with Gasteiger partial charge in [0, 0.05) is 24.2 Å². The number of carbonyl (C=O) groups excluding carboxylic acids is 3. The van der Waals surface area contributed by atoms with Gasteiger partial charge in [-0.15, -0.1) is 0 Å². The minimum atomic E-state index is -0.421. The largest absolute Gasteiger partial charge is 0.449 e. The van der Waals surface area contributed by atoms with Crippen molar-refractivity contribution in [1.82, 2.24) is 15.2 Å². The number of nitrogens with zero attached hydrogens (tertiary/aromatic N) is 2. The lowest BCUT2D eigenvalue weighted by atomic mass is 9.88. The van der Waals surface area contributed by atoms with Crippen molar-refractivity contribution in [3.8, 4) is 0 Å². The maximum atomic E-state index is 13.1. The molecule has 1 aromatic rings. The number of hydrogen-bond acceptors (Lipinski definition) is 5. The van der Waals surface area contributed by atoms with Crippen molar-refractivity contribution >= 4 is 17.9 Å². The van der Waals surface area contributed by atoms with Gasteiger partial charge in [-0.2, -0.15) is 0 Å². The zero-order valence-electron chi connectivity index (χ0n) is 15.1. The van der Waals surface area contributed by atoms with Crippen LogP contribution in [0.2, 0.25) is 0 Å². The standard InChI is InChI=1S/C19H24N4O4/c20-21-17(24)12-6-7-13-11-23(18(25)14(13)10-12)16-5-2-1-4-15(16)22-8-3-9-27-19(22)26/h6-7,10,15-16H,1-5,8-9,11,20H2,(H,21,24)/t15-,16-/m1/s1. The molecular weight excluding hydrogens is 348 g/mol. The summed E-state index contributed by atoms with van der Waals surface area (Å²) in [6.45, 7) is 1.64. The van der Waals surface area contributed by atoms with Gasteiger partial charge in [0.1, 0.15) is 0 Å². The summed E-state index contributed by atoms with van der Waals surface area (Å²) in [4.78, 5) is 40.8.